The summed E-state index contributed by atoms with van der Waals surface area (Å²) in [7, 11) is 2.11. The lowest BCUT2D eigenvalue weighted by Gasteiger charge is -2.35. The Morgan fingerprint density at radius 3 is 2.43 bits per heavy atom. The number of nitrogens with zero attached hydrogens (tertiary/aromatic N) is 6. The molecule has 20 heteroatoms. The van der Waals surface area contributed by atoms with Gasteiger partial charge in [-0.25, -0.2) is 33.5 Å². The van der Waals surface area contributed by atoms with E-state index < -0.39 is 29.7 Å². The maximum absolute atomic E-state index is 15.9. The van der Waals surface area contributed by atoms with Crippen molar-refractivity contribution in [1.82, 2.24) is 29.7 Å². The van der Waals surface area contributed by atoms with Gasteiger partial charge in [-0.1, -0.05) is 35.3 Å². The Labute approximate surface area is 448 Å². The molecule has 3 aromatic heterocycles. The van der Waals surface area contributed by atoms with Crippen LogP contribution in [0.5, 0.6) is 23.1 Å². The van der Waals surface area contributed by atoms with Gasteiger partial charge in [-0.15, -0.1) is 11.3 Å². The number of carboxylic acids is 1. The lowest BCUT2D eigenvalue weighted by Crippen LogP contribution is -2.48. The number of ether oxygens (including phenoxy) is 7. The number of likely N-dealkylation sites (N-methyl/N-ethyl adjacent to an activating group) is 1. The Balaban J connectivity index is 0.962. The second-order valence-corrected chi connectivity index (χ2v) is 21.6. The number of aliphatic carboxylic acids is 1. The molecule has 6 aromatic rings. The number of benzene rings is 3. The number of hydrogen-bond acceptors (Lipinski definition) is 15. The minimum Gasteiger partial charge on any atom is -0.493 e. The van der Waals surface area contributed by atoms with E-state index in [0.29, 0.717) is 146 Å². The second-order valence-electron chi connectivity index (χ2n) is 19.9. The Morgan fingerprint density at radius 1 is 0.920 bits per heavy atom. The Bertz CT molecular complexity index is 2960. The molecule has 4 bridgehead atoms. The molecule has 4 aliphatic heterocycles. The third-order valence-corrected chi connectivity index (χ3v) is 16.6. The highest BCUT2D eigenvalue weighted by atomic mass is 35.5. The molecule has 0 spiro atoms. The van der Waals surface area contributed by atoms with Crippen molar-refractivity contribution in [2.45, 2.75) is 88.9 Å². The van der Waals surface area contributed by atoms with Gasteiger partial charge in [-0.3, -0.25) is 4.90 Å². The summed E-state index contributed by atoms with van der Waals surface area (Å²) in [4.78, 5) is 38.0. The largest absolute Gasteiger partial charge is 0.493 e. The Morgan fingerprint density at radius 2 is 1.69 bits per heavy atom. The zero-order valence-electron chi connectivity index (χ0n) is 42.1. The number of rotatable bonds is 12. The molecule has 2 saturated heterocycles. The van der Waals surface area contributed by atoms with E-state index in [-0.39, 0.29) is 50.8 Å². The van der Waals surface area contributed by atoms with E-state index in [1.165, 1.54) is 29.8 Å². The molecule has 1 N–H and O–H groups in total. The number of fused-ring (bicyclic) bond motifs is 8. The van der Waals surface area contributed by atoms with E-state index in [1.54, 1.807) is 42.6 Å². The molecule has 0 unspecified atom stereocenters. The SMILES string of the molecule is Cc1c(Cl)c2c(Cl)c(C)c1-c1c(-c3ccc(F)cc3)sc3ncnc(c13)O[C@@H](C(=O)O)Cc1cc(ccc1OCc1ccnc(C3CCC(F)(COC[C@@H]4COCCO4)CC3)n1)OCC[C@@H](CN1CCN(C)CC1)O2. The summed E-state index contributed by atoms with van der Waals surface area (Å²) in [6.07, 6.45) is 3.00. The minimum atomic E-state index is -1.49. The van der Waals surface area contributed by atoms with Gasteiger partial charge in [-0.05, 0) is 105 Å². The maximum atomic E-state index is 15.9. The number of thiophene rings is 1. The van der Waals surface area contributed by atoms with Crippen LogP contribution in [0.2, 0.25) is 10.0 Å². The zero-order chi connectivity index (χ0) is 52.2. The minimum absolute atomic E-state index is 0.00464. The number of piperazine rings is 1. The standard InChI is InChI=1S/C55H60Cl2F2N6O9S/c1-32-44-33(2)48(57)49(47(32)56)73-40(26-65-19-17-64(3)18-20-65)13-21-70-39-8-9-42(72-27-38-12-16-60-51(63-38)35-10-14-55(59,15-11-35)30-69-29-41-28-68-22-23-71-41)36(24-39)25-43(54(66)67)74-52-46-45(44)50(75-53(46)62-31-61-52)34-4-6-37(58)7-5-34/h4-9,12,16,24,31,35,40-41,43H,10-11,13-15,17-23,25-30H2,1-3H3,(H,66,67)/t35?,40-,41-,43+,55?/m0/s1. The summed E-state index contributed by atoms with van der Waals surface area (Å²) < 4.78 is 73.5. The van der Waals surface area contributed by atoms with Crippen molar-refractivity contribution in [2.75, 3.05) is 79.4 Å². The summed E-state index contributed by atoms with van der Waals surface area (Å²) >= 11 is 16.0. The van der Waals surface area contributed by atoms with Crippen molar-refractivity contribution in [3.63, 3.8) is 0 Å². The predicted octanol–water partition coefficient (Wildman–Crippen LogP) is 10.1. The molecular formula is C55H60Cl2F2N6O9S. The molecule has 398 valence electrons. The van der Waals surface area contributed by atoms with Crippen LogP contribution in [0.4, 0.5) is 8.78 Å². The lowest BCUT2D eigenvalue weighted by atomic mass is 9.80. The van der Waals surface area contributed by atoms with Gasteiger partial charge in [0.05, 0.1) is 60.8 Å². The average molecular weight is 1090 g/mol. The van der Waals surface area contributed by atoms with Crippen molar-refractivity contribution in [3.05, 3.63) is 105 Å². The third-order valence-electron chi connectivity index (χ3n) is 14.5. The van der Waals surface area contributed by atoms with Gasteiger partial charge in [0.15, 0.2) is 5.75 Å². The average Bonchev–Trinajstić information content (AvgIpc) is 3.81. The van der Waals surface area contributed by atoms with Crippen LogP contribution in [0.15, 0.2) is 61.1 Å². The van der Waals surface area contributed by atoms with E-state index in [1.807, 2.05) is 13.8 Å². The fourth-order valence-electron chi connectivity index (χ4n) is 10.3. The maximum Gasteiger partial charge on any atom is 0.345 e. The van der Waals surface area contributed by atoms with Crippen LogP contribution in [-0.2, 0) is 32.0 Å². The third kappa shape index (κ3) is 12.3. The van der Waals surface area contributed by atoms with Gasteiger partial charge in [0, 0.05) is 73.7 Å². The highest BCUT2D eigenvalue weighted by Gasteiger charge is 2.38. The number of carbonyl (C=O) groups is 1. The van der Waals surface area contributed by atoms with Crippen LogP contribution in [0.25, 0.3) is 31.8 Å². The molecule has 3 fully saturated rings. The summed E-state index contributed by atoms with van der Waals surface area (Å²) in [5.74, 6) is 0.145. The topological polar surface area (TPSA) is 160 Å². The van der Waals surface area contributed by atoms with E-state index in [4.69, 9.17) is 61.3 Å². The van der Waals surface area contributed by atoms with Gasteiger partial charge in [0.25, 0.3) is 0 Å². The molecular weight excluding hydrogens is 1030 g/mol. The molecule has 5 aliphatic rings. The molecule has 15 nitrogen and oxygen atoms in total. The van der Waals surface area contributed by atoms with E-state index in [2.05, 4.69) is 31.8 Å². The molecule has 1 saturated carbocycles. The number of aromatic nitrogens is 4. The first-order chi connectivity index (χ1) is 36.3. The van der Waals surface area contributed by atoms with Crippen molar-refractivity contribution < 1.29 is 51.8 Å². The summed E-state index contributed by atoms with van der Waals surface area (Å²) in [6, 6.07) is 13.2. The first-order valence-corrected chi connectivity index (χ1v) is 27.0. The van der Waals surface area contributed by atoms with E-state index >= 15 is 4.39 Å². The molecule has 7 heterocycles. The van der Waals surface area contributed by atoms with Crippen LogP contribution in [0.3, 0.4) is 0 Å². The second kappa shape index (κ2) is 23.5. The quantitative estimate of drug-likeness (QED) is 0.123. The fourth-order valence-corrected chi connectivity index (χ4v) is 11.9. The smallest absolute Gasteiger partial charge is 0.345 e. The van der Waals surface area contributed by atoms with Crippen molar-refractivity contribution in [3.8, 4) is 44.7 Å². The lowest BCUT2D eigenvalue weighted by molar-refractivity contribution is -0.145. The first kappa shape index (κ1) is 53.1. The number of hydrogen-bond donors (Lipinski definition) is 1. The van der Waals surface area contributed by atoms with Crippen LogP contribution >= 0.6 is 34.5 Å². The highest BCUT2D eigenvalue weighted by Crippen LogP contribution is 2.53. The van der Waals surface area contributed by atoms with Crippen LogP contribution in [0, 0.1) is 19.7 Å². The number of alkyl halides is 1. The van der Waals surface area contributed by atoms with Crippen molar-refractivity contribution in [1.29, 1.82) is 0 Å². The summed E-state index contributed by atoms with van der Waals surface area (Å²) in [5, 5.41) is 12.0. The number of carboxylic acid groups (broad SMARTS) is 1. The van der Waals surface area contributed by atoms with Gasteiger partial charge < -0.3 is 43.2 Å². The normalized spacial score (nSPS) is 22.9. The zero-order valence-corrected chi connectivity index (χ0v) is 44.5. The van der Waals surface area contributed by atoms with Crippen LogP contribution < -0.4 is 18.9 Å². The molecule has 3 atom stereocenters. The molecule has 1 aliphatic carbocycles. The van der Waals surface area contributed by atoms with Gasteiger partial charge in [-0.2, -0.15) is 0 Å². The highest BCUT2D eigenvalue weighted by molar-refractivity contribution is 7.22. The van der Waals surface area contributed by atoms with Crippen LogP contribution in [0.1, 0.15) is 66.2 Å². The molecule has 11 rings (SSSR count). The van der Waals surface area contributed by atoms with Crippen molar-refractivity contribution in [2.24, 2.45) is 0 Å². The van der Waals surface area contributed by atoms with Gasteiger partial charge in [0.1, 0.15) is 58.8 Å². The number of halogens is 4. The summed E-state index contributed by atoms with van der Waals surface area (Å²) in [5.41, 5.74) is 2.91. The van der Waals surface area contributed by atoms with E-state index in [9.17, 15) is 14.3 Å². The summed E-state index contributed by atoms with van der Waals surface area (Å²) in [6.45, 7) is 9.98. The Hall–Kier alpha value is -5.31. The van der Waals surface area contributed by atoms with Crippen molar-refractivity contribution >= 4 is 50.7 Å². The van der Waals surface area contributed by atoms with Gasteiger partial charge >= 0.3 is 5.97 Å². The molecule has 75 heavy (non-hydrogen) atoms. The fraction of sp³-hybridized carbons (Fsp3) is 0.473. The first-order valence-electron chi connectivity index (χ1n) is 25.4. The molecule has 0 amide bonds. The monoisotopic (exact) mass is 1090 g/mol. The van der Waals surface area contributed by atoms with Gasteiger partial charge in [0.2, 0.25) is 12.0 Å². The van der Waals surface area contributed by atoms with Crippen LogP contribution in [-0.4, -0.2) is 144 Å². The molecule has 0 radical (unpaired) electrons. The molecule has 3 aromatic carbocycles. The van der Waals surface area contributed by atoms with E-state index in [0.717, 1.165) is 26.2 Å². The Kier molecular flexibility index (Phi) is 16.6. The predicted molar refractivity (Wildman–Crippen MR) is 281 cm³/mol.